The minimum absolute atomic E-state index is 0.0337. The summed E-state index contributed by atoms with van der Waals surface area (Å²) < 4.78 is 0.797. The van der Waals surface area contributed by atoms with Crippen molar-refractivity contribution in [1.82, 2.24) is 4.90 Å². The van der Waals surface area contributed by atoms with E-state index in [2.05, 4.69) is 15.9 Å². The Morgan fingerprint density at radius 2 is 1.85 bits per heavy atom. The Morgan fingerprint density at radius 3 is 2.50 bits per heavy atom. The summed E-state index contributed by atoms with van der Waals surface area (Å²) in [6.45, 7) is 2.46. The van der Waals surface area contributed by atoms with Gasteiger partial charge < -0.3 is 10.0 Å². The highest BCUT2D eigenvalue weighted by Gasteiger charge is 2.15. The van der Waals surface area contributed by atoms with Gasteiger partial charge in [-0.15, -0.1) is 0 Å². The van der Waals surface area contributed by atoms with Gasteiger partial charge >= 0.3 is 0 Å². The number of nitrogens with zero attached hydrogens (tertiary/aromatic N) is 1. The van der Waals surface area contributed by atoms with Crippen molar-refractivity contribution >= 4 is 21.8 Å². The average Bonchev–Trinajstić information content (AvgIpc) is 2.43. The number of phenolic OH excluding ortho intramolecular Hbond substituents is 1. The van der Waals surface area contributed by atoms with Crippen LogP contribution in [0.5, 0.6) is 5.75 Å². The van der Waals surface area contributed by atoms with Gasteiger partial charge in [-0.3, -0.25) is 4.79 Å². The quantitative estimate of drug-likeness (QED) is 0.929. The molecule has 0 heterocycles. The maximum absolute atomic E-state index is 12.4. The molecular weight excluding hydrogens is 318 g/mol. The van der Waals surface area contributed by atoms with Crippen molar-refractivity contribution in [2.24, 2.45) is 0 Å². The second kappa shape index (κ2) is 6.09. The van der Waals surface area contributed by atoms with Gasteiger partial charge in [0, 0.05) is 18.1 Å². The van der Waals surface area contributed by atoms with Gasteiger partial charge in [0.15, 0.2) is 0 Å². The fraction of sp³-hybridized carbons (Fsp3) is 0.188. The molecule has 0 saturated carbocycles. The largest absolute Gasteiger partial charge is 0.508 e. The first kappa shape index (κ1) is 14.6. The highest BCUT2D eigenvalue weighted by atomic mass is 79.9. The zero-order valence-electron chi connectivity index (χ0n) is 11.4. The van der Waals surface area contributed by atoms with Crippen LogP contribution in [0.1, 0.15) is 21.5 Å². The predicted molar refractivity (Wildman–Crippen MR) is 82.8 cm³/mol. The molecule has 2 rings (SSSR count). The Hall–Kier alpha value is -1.81. The van der Waals surface area contributed by atoms with E-state index >= 15 is 0 Å². The Morgan fingerprint density at radius 1 is 1.20 bits per heavy atom. The zero-order chi connectivity index (χ0) is 14.7. The first-order valence-corrected chi connectivity index (χ1v) is 7.06. The van der Waals surface area contributed by atoms with Gasteiger partial charge in [0.05, 0.1) is 5.56 Å². The monoisotopic (exact) mass is 333 g/mol. The summed E-state index contributed by atoms with van der Waals surface area (Å²) >= 11 is 3.41. The molecule has 2 aromatic rings. The number of hydrogen-bond donors (Lipinski definition) is 1. The highest BCUT2D eigenvalue weighted by molar-refractivity contribution is 9.10. The van der Waals surface area contributed by atoms with E-state index in [1.54, 1.807) is 24.1 Å². The van der Waals surface area contributed by atoms with Crippen LogP contribution in [0.25, 0.3) is 0 Å². The summed E-state index contributed by atoms with van der Waals surface area (Å²) in [5, 5.41) is 9.26. The normalized spacial score (nSPS) is 10.3. The number of hydrogen-bond acceptors (Lipinski definition) is 2. The number of amides is 1. The van der Waals surface area contributed by atoms with E-state index in [0.29, 0.717) is 12.1 Å². The molecule has 1 amide bonds. The molecule has 0 aliphatic heterocycles. The van der Waals surface area contributed by atoms with Gasteiger partial charge in [-0.1, -0.05) is 23.8 Å². The number of aromatic hydroxyl groups is 1. The van der Waals surface area contributed by atoms with Crippen LogP contribution in [0.3, 0.4) is 0 Å². The summed E-state index contributed by atoms with van der Waals surface area (Å²) in [4.78, 5) is 14.1. The Bertz CT molecular complexity index is 623. The van der Waals surface area contributed by atoms with Crippen LogP contribution in [0.15, 0.2) is 46.9 Å². The molecule has 0 unspecified atom stereocenters. The lowest BCUT2D eigenvalue weighted by atomic mass is 10.1. The SMILES string of the molecule is Cc1ccc(Br)c(C(=O)N(C)Cc2ccc(O)cc2)c1. The summed E-state index contributed by atoms with van der Waals surface area (Å²) in [5.41, 5.74) is 2.68. The molecule has 0 atom stereocenters. The maximum Gasteiger partial charge on any atom is 0.255 e. The molecule has 0 aromatic heterocycles. The predicted octanol–water partition coefficient (Wildman–Crippen LogP) is 3.74. The minimum atomic E-state index is -0.0337. The fourth-order valence-electron chi connectivity index (χ4n) is 1.96. The second-order valence-corrected chi connectivity index (χ2v) is 5.67. The summed E-state index contributed by atoms with van der Waals surface area (Å²) in [7, 11) is 1.77. The van der Waals surface area contributed by atoms with E-state index in [-0.39, 0.29) is 11.7 Å². The Kier molecular flexibility index (Phi) is 4.45. The van der Waals surface area contributed by atoms with Crippen molar-refractivity contribution in [2.45, 2.75) is 13.5 Å². The molecule has 104 valence electrons. The van der Waals surface area contributed by atoms with Gasteiger partial charge in [-0.05, 0) is 52.7 Å². The second-order valence-electron chi connectivity index (χ2n) is 4.81. The van der Waals surface area contributed by atoms with Gasteiger partial charge in [0.1, 0.15) is 5.75 Å². The summed E-state index contributed by atoms with van der Waals surface area (Å²) in [5.74, 6) is 0.192. The van der Waals surface area contributed by atoms with Crippen LogP contribution in [0.4, 0.5) is 0 Å². The molecule has 0 saturated heterocycles. The number of rotatable bonds is 3. The third-order valence-electron chi connectivity index (χ3n) is 3.06. The number of phenols is 1. The van der Waals surface area contributed by atoms with Crippen LogP contribution in [-0.4, -0.2) is 23.0 Å². The van der Waals surface area contributed by atoms with Crippen LogP contribution in [0, 0.1) is 6.92 Å². The molecule has 0 radical (unpaired) electrons. The number of aryl methyl sites for hydroxylation is 1. The van der Waals surface area contributed by atoms with E-state index in [9.17, 15) is 9.90 Å². The molecular formula is C16H16BrNO2. The molecule has 0 spiro atoms. The molecule has 0 bridgehead atoms. The van der Waals surface area contributed by atoms with Gasteiger partial charge in [-0.2, -0.15) is 0 Å². The lowest BCUT2D eigenvalue weighted by molar-refractivity contribution is 0.0784. The van der Waals surface area contributed by atoms with E-state index < -0.39 is 0 Å². The molecule has 4 heteroatoms. The third kappa shape index (κ3) is 3.39. The third-order valence-corrected chi connectivity index (χ3v) is 3.75. The van der Waals surface area contributed by atoms with Crippen molar-refractivity contribution in [1.29, 1.82) is 0 Å². The maximum atomic E-state index is 12.4. The van der Waals surface area contributed by atoms with Crippen LogP contribution < -0.4 is 0 Å². The van der Waals surface area contributed by atoms with Gasteiger partial charge in [0.2, 0.25) is 0 Å². The van der Waals surface area contributed by atoms with Gasteiger partial charge in [0.25, 0.3) is 5.91 Å². The van der Waals surface area contributed by atoms with Crippen LogP contribution in [0.2, 0.25) is 0 Å². The number of carbonyl (C=O) groups is 1. The van der Waals surface area contributed by atoms with Crippen molar-refractivity contribution in [3.8, 4) is 5.75 Å². The number of halogens is 1. The fourth-order valence-corrected chi connectivity index (χ4v) is 2.37. The van der Waals surface area contributed by atoms with Crippen molar-refractivity contribution in [2.75, 3.05) is 7.05 Å². The summed E-state index contributed by atoms with van der Waals surface area (Å²) in [6, 6.07) is 12.6. The van der Waals surface area contributed by atoms with E-state index in [1.807, 2.05) is 37.3 Å². The number of carbonyl (C=O) groups excluding carboxylic acids is 1. The number of benzene rings is 2. The van der Waals surface area contributed by atoms with Crippen molar-refractivity contribution < 1.29 is 9.90 Å². The van der Waals surface area contributed by atoms with Gasteiger partial charge in [-0.25, -0.2) is 0 Å². The highest BCUT2D eigenvalue weighted by Crippen LogP contribution is 2.20. The molecule has 2 aromatic carbocycles. The Labute approximate surface area is 127 Å². The lowest BCUT2D eigenvalue weighted by Crippen LogP contribution is -2.26. The smallest absolute Gasteiger partial charge is 0.255 e. The molecule has 1 N–H and O–H groups in total. The standard InChI is InChI=1S/C16H16BrNO2/c1-11-3-8-15(17)14(9-11)16(20)18(2)10-12-4-6-13(19)7-5-12/h3-9,19H,10H2,1-2H3. The minimum Gasteiger partial charge on any atom is -0.508 e. The first-order chi connectivity index (χ1) is 9.47. The molecule has 0 aliphatic rings. The van der Waals surface area contributed by atoms with Crippen molar-refractivity contribution in [3.63, 3.8) is 0 Å². The van der Waals surface area contributed by atoms with E-state index in [1.165, 1.54) is 0 Å². The van der Waals surface area contributed by atoms with Crippen LogP contribution in [-0.2, 0) is 6.54 Å². The first-order valence-electron chi connectivity index (χ1n) is 6.27. The van der Waals surface area contributed by atoms with E-state index in [0.717, 1.165) is 15.6 Å². The summed E-state index contributed by atoms with van der Waals surface area (Å²) in [6.07, 6.45) is 0. The molecule has 0 fully saturated rings. The zero-order valence-corrected chi connectivity index (χ0v) is 13.0. The molecule has 3 nitrogen and oxygen atoms in total. The molecule has 0 aliphatic carbocycles. The van der Waals surface area contributed by atoms with Crippen LogP contribution >= 0.6 is 15.9 Å². The average molecular weight is 334 g/mol. The molecule has 20 heavy (non-hydrogen) atoms. The van der Waals surface area contributed by atoms with E-state index in [4.69, 9.17) is 0 Å². The lowest BCUT2D eigenvalue weighted by Gasteiger charge is -2.18. The van der Waals surface area contributed by atoms with Crippen molar-refractivity contribution in [3.05, 3.63) is 63.6 Å². The Balaban J connectivity index is 2.16. The topological polar surface area (TPSA) is 40.5 Å².